The normalized spacial score (nSPS) is 11.4. The molecule has 9 heteroatoms. The molecule has 0 saturated heterocycles. The third-order valence-electron chi connectivity index (χ3n) is 6.26. The maximum Gasteiger partial charge on any atom is 0.232 e. The van der Waals surface area contributed by atoms with Crippen molar-refractivity contribution in [3.63, 3.8) is 0 Å². The zero-order valence-corrected chi connectivity index (χ0v) is 21.0. The summed E-state index contributed by atoms with van der Waals surface area (Å²) in [6, 6.07) is 28.0. The number of nitrogens with zero attached hydrogens (tertiary/aromatic N) is 5. The van der Waals surface area contributed by atoms with Crippen molar-refractivity contribution in [2.45, 2.75) is 18.9 Å². The van der Waals surface area contributed by atoms with Crippen molar-refractivity contribution in [1.82, 2.24) is 19.5 Å². The molecule has 38 heavy (non-hydrogen) atoms. The van der Waals surface area contributed by atoms with E-state index in [1.807, 2.05) is 60.7 Å². The van der Waals surface area contributed by atoms with E-state index in [1.54, 1.807) is 24.2 Å². The molecule has 194 valence electrons. The van der Waals surface area contributed by atoms with E-state index in [4.69, 9.17) is 19.4 Å². The number of aliphatic hydroxyl groups excluding tert-OH is 2. The minimum atomic E-state index is -0.690. The van der Waals surface area contributed by atoms with Gasteiger partial charge >= 0.3 is 0 Å². The second-order valence-corrected chi connectivity index (χ2v) is 8.67. The number of hydrogen-bond donors (Lipinski definition) is 2. The quantitative estimate of drug-likeness (QED) is 0.273. The van der Waals surface area contributed by atoms with Crippen LogP contribution in [-0.4, -0.2) is 56.2 Å². The Morgan fingerprint density at radius 1 is 0.842 bits per heavy atom. The smallest absolute Gasteiger partial charge is 0.232 e. The van der Waals surface area contributed by atoms with Gasteiger partial charge in [-0.1, -0.05) is 60.7 Å². The van der Waals surface area contributed by atoms with E-state index in [9.17, 15) is 10.2 Å². The molecule has 0 aliphatic heterocycles. The van der Waals surface area contributed by atoms with Gasteiger partial charge in [-0.25, -0.2) is 9.97 Å². The Bertz CT molecular complexity index is 1400. The van der Waals surface area contributed by atoms with Crippen LogP contribution in [0.5, 0.6) is 5.75 Å². The number of rotatable bonds is 11. The van der Waals surface area contributed by atoms with Crippen LogP contribution >= 0.6 is 0 Å². The van der Waals surface area contributed by atoms with Crippen LogP contribution in [0.3, 0.4) is 0 Å². The van der Waals surface area contributed by atoms with Gasteiger partial charge in [-0.15, -0.1) is 0 Å². The Hall–Kier alpha value is -4.31. The Balaban J connectivity index is 1.65. The molecule has 2 aromatic heterocycles. The molecule has 0 atom stereocenters. The molecule has 3 aromatic carbocycles. The van der Waals surface area contributed by atoms with Crippen LogP contribution in [0.25, 0.3) is 11.2 Å². The summed E-state index contributed by atoms with van der Waals surface area (Å²) < 4.78 is 12.8. The van der Waals surface area contributed by atoms with Crippen LogP contribution in [0.15, 0.2) is 97.5 Å². The lowest BCUT2D eigenvalue weighted by Crippen LogP contribution is -2.27. The number of benzene rings is 3. The van der Waals surface area contributed by atoms with E-state index in [-0.39, 0.29) is 26.0 Å². The Labute approximate surface area is 220 Å². The zero-order valence-electron chi connectivity index (χ0n) is 21.0. The average Bonchev–Trinajstić information content (AvgIpc) is 3.39. The molecule has 2 heterocycles. The molecule has 0 saturated carbocycles. The minimum absolute atomic E-state index is 0.0715. The average molecular weight is 512 g/mol. The molecule has 0 unspecified atom stereocenters. The molecule has 0 fully saturated rings. The minimum Gasteiger partial charge on any atom is -0.497 e. The third-order valence-corrected chi connectivity index (χ3v) is 6.26. The van der Waals surface area contributed by atoms with Crippen molar-refractivity contribution < 1.29 is 19.7 Å². The largest absolute Gasteiger partial charge is 0.497 e. The summed E-state index contributed by atoms with van der Waals surface area (Å²) in [5.41, 5.74) is 4.20. The van der Waals surface area contributed by atoms with E-state index >= 15 is 0 Å². The molecular formula is C29H29N5O4. The van der Waals surface area contributed by atoms with E-state index in [1.165, 1.54) is 0 Å². The first-order valence-corrected chi connectivity index (χ1v) is 12.3. The van der Waals surface area contributed by atoms with Gasteiger partial charge in [0.2, 0.25) is 5.95 Å². The molecular weight excluding hydrogens is 482 g/mol. The van der Waals surface area contributed by atoms with Crippen LogP contribution in [0.1, 0.15) is 17.2 Å². The summed E-state index contributed by atoms with van der Waals surface area (Å²) in [7, 11) is 1.64. The third kappa shape index (κ3) is 5.35. The number of aliphatic hydroxyl groups is 2. The summed E-state index contributed by atoms with van der Waals surface area (Å²) >= 11 is 0. The highest BCUT2D eigenvalue weighted by Gasteiger charge is 2.27. The SMILES string of the molecule is COc1ccc(N(c2ncc3ncn(COC(CO)CO)c3n2)C(c2ccccc2)c2ccccc2)cc1. The number of aromatic nitrogens is 4. The highest BCUT2D eigenvalue weighted by atomic mass is 16.5. The molecule has 5 aromatic rings. The predicted molar refractivity (Wildman–Crippen MR) is 144 cm³/mol. The van der Waals surface area contributed by atoms with Gasteiger partial charge in [-0.2, -0.15) is 4.98 Å². The Kier molecular flexibility index (Phi) is 7.89. The van der Waals surface area contributed by atoms with Crippen molar-refractivity contribution in [2.24, 2.45) is 0 Å². The second kappa shape index (κ2) is 11.8. The number of methoxy groups -OCH3 is 1. The first-order chi connectivity index (χ1) is 18.7. The van der Waals surface area contributed by atoms with Gasteiger partial charge in [0, 0.05) is 5.69 Å². The lowest BCUT2D eigenvalue weighted by atomic mass is 9.96. The lowest BCUT2D eigenvalue weighted by Gasteiger charge is -2.33. The summed E-state index contributed by atoms with van der Waals surface area (Å²) in [4.78, 5) is 16.2. The number of anilines is 2. The van der Waals surface area contributed by atoms with Crippen LogP contribution in [-0.2, 0) is 11.5 Å². The predicted octanol–water partition coefficient (Wildman–Crippen LogP) is 4.09. The van der Waals surface area contributed by atoms with Gasteiger partial charge in [0.15, 0.2) is 5.65 Å². The molecule has 0 radical (unpaired) electrons. The number of fused-ring (bicyclic) bond motifs is 1. The van der Waals surface area contributed by atoms with Crippen molar-refractivity contribution in [3.05, 3.63) is 109 Å². The van der Waals surface area contributed by atoms with Crippen molar-refractivity contribution >= 4 is 22.8 Å². The fraction of sp³-hybridized carbons (Fsp3) is 0.207. The van der Waals surface area contributed by atoms with Crippen LogP contribution < -0.4 is 9.64 Å². The molecule has 2 N–H and O–H groups in total. The Morgan fingerprint density at radius 2 is 1.47 bits per heavy atom. The van der Waals surface area contributed by atoms with Gasteiger partial charge in [-0.05, 0) is 35.4 Å². The summed E-state index contributed by atoms with van der Waals surface area (Å²) in [6.07, 6.45) is 2.61. The molecule has 5 rings (SSSR count). The molecule has 0 bridgehead atoms. The summed E-state index contributed by atoms with van der Waals surface area (Å²) in [6.45, 7) is -0.503. The summed E-state index contributed by atoms with van der Waals surface area (Å²) in [5, 5.41) is 18.7. The van der Waals surface area contributed by atoms with E-state index in [2.05, 4.69) is 34.1 Å². The number of hydrogen-bond acceptors (Lipinski definition) is 8. The standard InChI is InChI=1S/C29H29N5O4/c1-37-24-14-12-23(13-15-24)34(27(21-8-4-2-5-9-21)22-10-6-3-7-11-22)29-30-16-26-28(32-29)33(19-31-26)20-38-25(17-35)18-36/h2-16,19,25,27,35-36H,17-18,20H2,1H3. The molecule has 9 nitrogen and oxygen atoms in total. The van der Waals surface area contributed by atoms with Crippen LogP contribution in [0, 0.1) is 0 Å². The zero-order chi connectivity index (χ0) is 26.3. The van der Waals surface area contributed by atoms with Gasteiger partial charge in [0.1, 0.15) is 24.1 Å². The Morgan fingerprint density at radius 3 is 2.05 bits per heavy atom. The highest BCUT2D eigenvalue weighted by Crippen LogP contribution is 2.38. The topological polar surface area (TPSA) is 106 Å². The maximum absolute atomic E-state index is 9.37. The number of ether oxygens (including phenoxy) is 2. The lowest BCUT2D eigenvalue weighted by molar-refractivity contribution is -0.0488. The fourth-order valence-electron chi connectivity index (χ4n) is 4.29. The van der Waals surface area contributed by atoms with Crippen molar-refractivity contribution in [1.29, 1.82) is 0 Å². The first-order valence-electron chi connectivity index (χ1n) is 12.3. The van der Waals surface area contributed by atoms with E-state index in [0.717, 1.165) is 22.6 Å². The number of imidazole rings is 1. The van der Waals surface area contributed by atoms with Crippen LogP contribution in [0.4, 0.5) is 11.6 Å². The molecule has 0 aliphatic rings. The molecule has 0 aliphatic carbocycles. The van der Waals surface area contributed by atoms with Crippen LogP contribution in [0.2, 0.25) is 0 Å². The van der Waals surface area contributed by atoms with Gasteiger partial charge in [-0.3, -0.25) is 9.47 Å². The van der Waals surface area contributed by atoms with Gasteiger partial charge in [0.25, 0.3) is 0 Å². The summed E-state index contributed by atoms with van der Waals surface area (Å²) in [5.74, 6) is 1.22. The van der Waals surface area contributed by atoms with Gasteiger partial charge < -0.3 is 19.7 Å². The maximum atomic E-state index is 9.37. The monoisotopic (exact) mass is 511 g/mol. The van der Waals surface area contributed by atoms with E-state index in [0.29, 0.717) is 17.1 Å². The second-order valence-electron chi connectivity index (χ2n) is 8.67. The first kappa shape index (κ1) is 25.3. The fourth-order valence-corrected chi connectivity index (χ4v) is 4.29. The van der Waals surface area contributed by atoms with Crippen molar-refractivity contribution in [3.8, 4) is 5.75 Å². The molecule has 0 spiro atoms. The van der Waals surface area contributed by atoms with Gasteiger partial charge in [0.05, 0.1) is 38.9 Å². The van der Waals surface area contributed by atoms with Crippen molar-refractivity contribution in [2.75, 3.05) is 25.2 Å². The van der Waals surface area contributed by atoms with E-state index < -0.39 is 6.10 Å². The molecule has 0 amide bonds. The highest BCUT2D eigenvalue weighted by molar-refractivity contribution is 5.73.